The van der Waals surface area contributed by atoms with E-state index in [0.717, 1.165) is 23.4 Å². The van der Waals surface area contributed by atoms with Crippen LogP contribution >= 0.6 is 0 Å². The fraction of sp³-hybridized carbons (Fsp3) is 0.375. The van der Waals surface area contributed by atoms with E-state index in [4.69, 9.17) is 16.2 Å². The van der Waals surface area contributed by atoms with Crippen LogP contribution in [0.3, 0.4) is 0 Å². The van der Waals surface area contributed by atoms with Gasteiger partial charge in [0, 0.05) is 18.7 Å². The van der Waals surface area contributed by atoms with Gasteiger partial charge in [-0.25, -0.2) is 4.98 Å². The lowest BCUT2D eigenvalue weighted by molar-refractivity contribution is 0.0752. The summed E-state index contributed by atoms with van der Waals surface area (Å²) in [6, 6.07) is 5.85. The van der Waals surface area contributed by atoms with Crippen LogP contribution in [0.1, 0.15) is 22.5 Å². The number of hydrogen-bond donors (Lipinski definition) is 4. The molecule has 1 fully saturated rings. The highest BCUT2D eigenvalue weighted by atomic mass is 16.5. The SMILES string of the molecule is Cc1ccc(Nc2ncnnc2C(N)=O)c(N[C@@H]2CCOC[C@@H]2N)c1. The average molecular weight is 343 g/mol. The standard InChI is InChI=1S/C16H21N7O2/c1-9-2-3-12(22-16-14(15(18)24)23-20-8-19-16)13(6-9)21-11-4-5-25-7-10(11)17/h2-3,6,8,10-11,21H,4-5,7,17H2,1H3,(H2,18,24)(H,19,20,22)/t10-,11+/m0/s1. The summed E-state index contributed by atoms with van der Waals surface area (Å²) in [6.07, 6.45) is 2.07. The molecule has 1 aliphatic rings. The number of anilines is 3. The van der Waals surface area contributed by atoms with Crippen molar-refractivity contribution in [1.29, 1.82) is 0 Å². The minimum Gasteiger partial charge on any atom is -0.380 e. The maximum Gasteiger partial charge on any atom is 0.273 e. The predicted octanol–water partition coefficient (Wildman–Crippen LogP) is 0.551. The van der Waals surface area contributed by atoms with Crippen LogP contribution in [0.15, 0.2) is 24.5 Å². The Hall–Kier alpha value is -2.78. The number of aromatic nitrogens is 3. The Bertz CT molecular complexity index is 768. The zero-order valence-electron chi connectivity index (χ0n) is 13.9. The number of amides is 1. The molecule has 1 aliphatic heterocycles. The molecule has 1 saturated heterocycles. The van der Waals surface area contributed by atoms with Crippen molar-refractivity contribution in [2.75, 3.05) is 23.8 Å². The average Bonchev–Trinajstić information content (AvgIpc) is 2.59. The number of nitrogens with zero attached hydrogens (tertiary/aromatic N) is 3. The Kier molecular flexibility index (Phi) is 5.05. The molecule has 9 heteroatoms. The Labute approximate surface area is 145 Å². The first-order chi connectivity index (χ1) is 12.0. The molecule has 0 radical (unpaired) electrons. The second-order valence-corrected chi connectivity index (χ2v) is 5.97. The highest BCUT2D eigenvalue weighted by Crippen LogP contribution is 2.28. The Balaban J connectivity index is 1.88. The minimum atomic E-state index is -0.698. The van der Waals surface area contributed by atoms with Gasteiger partial charge in [-0.15, -0.1) is 10.2 Å². The summed E-state index contributed by atoms with van der Waals surface area (Å²) in [5, 5.41) is 13.9. The van der Waals surface area contributed by atoms with E-state index in [2.05, 4.69) is 25.8 Å². The molecule has 0 unspecified atom stereocenters. The van der Waals surface area contributed by atoms with Crippen molar-refractivity contribution >= 4 is 23.1 Å². The largest absolute Gasteiger partial charge is 0.380 e. The van der Waals surface area contributed by atoms with E-state index >= 15 is 0 Å². The predicted molar refractivity (Wildman–Crippen MR) is 93.6 cm³/mol. The van der Waals surface area contributed by atoms with Gasteiger partial charge in [-0.1, -0.05) is 6.07 Å². The van der Waals surface area contributed by atoms with Crippen LogP contribution in [0, 0.1) is 6.92 Å². The lowest BCUT2D eigenvalue weighted by atomic mass is 10.0. The molecule has 0 spiro atoms. The number of aryl methyl sites for hydroxylation is 1. The monoisotopic (exact) mass is 343 g/mol. The van der Waals surface area contributed by atoms with E-state index in [1.807, 2.05) is 25.1 Å². The summed E-state index contributed by atoms with van der Waals surface area (Å²) in [5.41, 5.74) is 14.1. The van der Waals surface area contributed by atoms with Crippen LogP contribution in [0.2, 0.25) is 0 Å². The number of primary amides is 1. The third kappa shape index (κ3) is 4.01. The first-order valence-corrected chi connectivity index (χ1v) is 7.99. The summed E-state index contributed by atoms with van der Waals surface area (Å²) in [5.74, 6) is -0.443. The molecule has 9 nitrogen and oxygen atoms in total. The van der Waals surface area contributed by atoms with Gasteiger partial charge in [0.1, 0.15) is 6.33 Å². The first kappa shape index (κ1) is 17.1. The van der Waals surface area contributed by atoms with E-state index < -0.39 is 5.91 Å². The third-order valence-electron chi connectivity index (χ3n) is 4.02. The summed E-state index contributed by atoms with van der Waals surface area (Å²) >= 11 is 0. The van der Waals surface area contributed by atoms with E-state index in [9.17, 15) is 4.79 Å². The molecule has 1 aromatic carbocycles. The van der Waals surface area contributed by atoms with Crippen LogP contribution in [0.5, 0.6) is 0 Å². The lowest BCUT2D eigenvalue weighted by Gasteiger charge is -2.31. The normalized spacial score (nSPS) is 20.1. The molecule has 2 atom stereocenters. The number of carbonyl (C=O) groups is 1. The van der Waals surface area contributed by atoms with Gasteiger partial charge in [-0.3, -0.25) is 4.79 Å². The van der Waals surface area contributed by atoms with E-state index in [0.29, 0.717) is 13.2 Å². The van der Waals surface area contributed by atoms with Crippen LogP contribution in [-0.2, 0) is 4.74 Å². The van der Waals surface area contributed by atoms with Crippen molar-refractivity contribution in [2.45, 2.75) is 25.4 Å². The molecule has 25 heavy (non-hydrogen) atoms. The van der Waals surface area contributed by atoms with Gasteiger partial charge in [-0.2, -0.15) is 0 Å². The number of nitrogens with one attached hydrogen (secondary N) is 2. The maximum absolute atomic E-state index is 11.5. The number of hydrogen-bond acceptors (Lipinski definition) is 8. The van der Waals surface area contributed by atoms with Gasteiger partial charge < -0.3 is 26.8 Å². The van der Waals surface area contributed by atoms with Crippen LogP contribution in [0.4, 0.5) is 17.2 Å². The first-order valence-electron chi connectivity index (χ1n) is 7.99. The number of benzene rings is 1. The minimum absolute atomic E-state index is 0.0169. The quantitative estimate of drug-likeness (QED) is 0.617. The smallest absolute Gasteiger partial charge is 0.273 e. The molecule has 0 aliphatic carbocycles. The van der Waals surface area contributed by atoms with Crippen molar-refractivity contribution in [3.63, 3.8) is 0 Å². The molecule has 1 aromatic heterocycles. The fourth-order valence-electron chi connectivity index (χ4n) is 2.69. The summed E-state index contributed by atoms with van der Waals surface area (Å²) in [4.78, 5) is 15.6. The van der Waals surface area contributed by atoms with Crippen LogP contribution in [0.25, 0.3) is 0 Å². The highest BCUT2D eigenvalue weighted by Gasteiger charge is 2.23. The van der Waals surface area contributed by atoms with Crippen LogP contribution < -0.4 is 22.1 Å². The van der Waals surface area contributed by atoms with Gasteiger partial charge in [0.25, 0.3) is 5.91 Å². The van der Waals surface area contributed by atoms with Crippen molar-refractivity contribution in [2.24, 2.45) is 11.5 Å². The Morgan fingerprint density at radius 3 is 2.96 bits per heavy atom. The summed E-state index contributed by atoms with van der Waals surface area (Å²) in [7, 11) is 0. The molecule has 2 heterocycles. The number of carbonyl (C=O) groups excluding carboxylic acids is 1. The third-order valence-corrected chi connectivity index (χ3v) is 4.02. The van der Waals surface area contributed by atoms with Gasteiger partial charge in [0.15, 0.2) is 11.5 Å². The number of nitrogens with two attached hydrogens (primary N) is 2. The highest BCUT2D eigenvalue weighted by molar-refractivity contribution is 5.96. The molecule has 0 bridgehead atoms. The van der Waals surface area contributed by atoms with Gasteiger partial charge >= 0.3 is 0 Å². The molecule has 1 amide bonds. The maximum atomic E-state index is 11.5. The molecule has 3 rings (SSSR count). The van der Waals surface area contributed by atoms with Crippen molar-refractivity contribution in [3.8, 4) is 0 Å². The van der Waals surface area contributed by atoms with Gasteiger partial charge in [-0.05, 0) is 31.0 Å². The number of ether oxygens (including phenoxy) is 1. The fourth-order valence-corrected chi connectivity index (χ4v) is 2.69. The molecule has 6 N–H and O–H groups in total. The Morgan fingerprint density at radius 2 is 2.20 bits per heavy atom. The van der Waals surface area contributed by atoms with E-state index in [1.54, 1.807) is 0 Å². The molecule has 0 saturated carbocycles. The van der Waals surface area contributed by atoms with E-state index in [-0.39, 0.29) is 23.6 Å². The van der Waals surface area contributed by atoms with Crippen LogP contribution in [-0.4, -0.2) is 46.4 Å². The van der Waals surface area contributed by atoms with Gasteiger partial charge in [0.2, 0.25) is 0 Å². The Morgan fingerprint density at radius 1 is 1.36 bits per heavy atom. The van der Waals surface area contributed by atoms with E-state index in [1.165, 1.54) is 6.33 Å². The topological polar surface area (TPSA) is 141 Å². The second kappa shape index (κ2) is 7.41. The molecular formula is C16H21N7O2. The second-order valence-electron chi connectivity index (χ2n) is 5.97. The summed E-state index contributed by atoms with van der Waals surface area (Å²) < 4.78 is 5.38. The zero-order chi connectivity index (χ0) is 17.8. The molecular weight excluding hydrogens is 322 g/mol. The number of rotatable bonds is 5. The van der Waals surface area contributed by atoms with Crippen molar-refractivity contribution < 1.29 is 9.53 Å². The summed E-state index contributed by atoms with van der Waals surface area (Å²) in [6.45, 7) is 3.19. The molecule has 2 aromatic rings. The van der Waals surface area contributed by atoms with Crippen molar-refractivity contribution in [1.82, 2.24) is 15.2 Å². The zero-order valence-corrected chi connectivity index (χ0v) is 13.9. The van der Waals surface area contributed by atoms with Crippen molar-refractivity contribution in [3.05, 3.63) is 35.8 Å². The lowest BCUT2D eigenvalue weighted by Crippen LogP contribution is -2.47. The molecule has 132 valence electrons. The van der Waals surface area contributed by atoms with Gasteiger partial charge in [0.05, 0.1) is 18.0 Å².